The maximum Gasteiger partial charge on any atom is 0.663 e. The van der Waals surface area contributed by atoms with Crippen molar-refractivity contribution in [1.29, 1.82) is 0 Å². The van der Waals surface area contributed by atoms with Crippen molar-refractivity contribution in [3.05, 3.63) is 0 Å². The number of carbonyl (C=O) groups is 1. The molecule has 2 rings (SSSR count). The van der Waals surface area contributed by atoms with E-state index in [2.05, 4.69) is 9.14 Å². The molecule has 3 unspecified atom stereocenters. The van der Waals surface area contributed by atoms with Crippen molar-refractivity contribution < 1.29 is 32.4 Å². The summed E-state index contributed by atoms with van der Waals surface area (Å²) >= 11 is 0. The number of hydrogen-bond donors (Lipinski definition) is 2. The molecule has 0 amide bonds. The van der Waals surface area contributed by atoms with E-state index < -0.39 is 33.5 Å². The SMILES string of the molecule is CC12CCC(C(S(=O)(=O)OOB(O)O)C1=O)C2(C)C. The zero-order valence-corrected chi connectivity index (χ0v) is 11.8. The van der Waals surface area contributed by atoms with Crippen LogP contribution >= 0.6 is 0 Å². The lowest BCUT2D eigenvalue weighted by Gasteiger charge is -2.32. The summed E-state index contributed by atoms with van der Waals surface area (Å²) in [6.07, 6.45) is 1.27. The van der Waals surface area contributed by atoms with Gasteiger partial charge in [0.05, 0.1) is 0 Å². The van der Waals surface area contributed by atoms with Crippen LogP contribution in [0.15, 0.2) is 0 Å². The van der Waals surface area contributed by atoms with E-state index in [0.717, 1.165) is 0 Å². The van der Waals surface area contributed by atoms with Crippen LogP contribution < -0.4 is 0 Å². The Bertz CT molecular complexity index is 500. The highest BCUT2D eigenvalue weighted by molar-refractivity contribution is 7.88. The van der Waals surface area contributed by atoms with Gasteiger partial charge >= 0.3 is 17.4 Å². The molecule has 2 fully saturated rings. The van der Waals surface area contributed by atoms with E-state index in [-0.39, 0.29) is 11.7 Å². The van der Waals surface area contributed by atoms with Crippen LogP contribution in [-0.4, -0.2) is 36.8 Å². The van der Waals surface area contributed by atoms with Gasteiger partial charge in [0, 0.05) is 5.41 Å². The van der Waals surface area contributed by atoms with Gasteiger partial charge in [-0.15, -0.1) is 4.33 Å². The molecule has 9 heteroatoms. The average Bonchev–Trinajstić information content (AvgIpc) is 2.58. The van der Waals surface area contributed by atoms with E-state index in [0.29, 0.717) is 12.8 Å². The third-order valence-electron chi connectivity index (χ3n) is 5.00. The van der Waals surface area contributed by atoms with Crippen LogP contribution in [0.1, 0.15) is 33.6 Å². The number of ketones is 1. The van der Waals surface area contributed by atoms with Crippen LogP contribution in [0.5, 0.6) is 0 Å². The van der Waals surface area contributed by atoms with E-state index in [4.69, 9.17) is 10.0 Å². The Kier molecular flexibility index (Phi) is 3.34. The highest BCUT2D eigenvalue weighted by Crippen LogP contribution is 2.64. The van der Waals surface area contributed by atoms with Gasteiger partial charge in [-0.2, -0.15) is 8.42 Å². The number of Topliss-reactive ketones (excluding diaryl/α,β-unsaturated/α-hetero) is 1. The Labute approximate surface area is 112 Å². The molecule has 3 atom stereocenters. The van der Waals surface area contributed by atoms with Crippen LogP contribution in [0, 0.1) is 16.7 Å². The molecule has 0 aromatic heterocycles. The highest BCUT2D eigenvalue weighted by Gasteiger charge is 2.70. The highest BCUT2D eigenvalue weighted by atomic mass is 32.2. The molecule has 0 saturated heterocycles. The molecule has 2 aliphatic carbocycles. The Hall–Kier alpha value is -0.475. The molecular weight excluding hydrogens is 275 g/mol. The molecule has 19 heavy (non-hydrogen) atoms. The standard InChI is InChI=1S/C10H17BO7S/c1-9(2)6-4-5-10(9,3)8(12)7(6)19(15,16)18-17-11(13)14/h6-7,13-14H,4-5H2,1-3H3. The summed E-state index contributed by atoms with van der Waals surface area (Å²) in [5.41, 5.74) is -1.14. The van der Waals surface area contributed by atoms with Gasteiger partial charge in [-0.3, -0.25) is 4.79 Å². The molecule has 2 saturated carbocycles. The molecule has 0 heterocycles. The monoisotopic (exact) mass is 292 g/mol. The second kappa shape index (κ2) is 4.26. The van der Waals surface area contributed by atoms with E-state index >= 15 is 0 Å². The predicted octanol–water partition coefficient (Wildman–Crippen LogP) is -0.372. The second-order valence-corrected chi connectivity index (χ2v) is 7.60. The molecule has 7 nitrogen and oxygen atoms in total. The topological polar surface area (TPSA) is 110 Å². The largest absolute Gasteiger partial charge is 0.663 e. The third kappa shape index (κ3) is 1.95. The fourth-order valence-electron chi connectivity index (χ4n) is 3.47. The predicted molar refractivity (Wildman–Crippen MR) is 64.7 cm³/mol. The molecule has 0 radical (unpaired) electrons. The molecule has 2 bridgehead atoms. The van der Waals surface area contributed by atoms with Crippen molar-refractivity contribution in [1.82, 2.24) is 0 Å². The first kappa shape index (κ1) is 14.9. The average molecular weight is 292 g/mol. The van der Waals surface area contributed by atoms with Gasteiger partial charge in [0.2, 0.25) is 0 Å². The fourth-order valence-corrected chi connectivity index (χ4v) is 5.13. The van der Waals surface area contributed by atoms with Crippen LogP contribution in [0.4, 0.5) is 0 Å². The molecule has 0 spiro atoms. The lowest BCUT2D eigenvalue weighted by Crippen LogP contribution is -2.40. The van der Waals surface area contributed by atoms with E-state index in [1.54, 1.807) is 6.92 Å². The summed E-state index contributed by atoms with van der Waals surface area (Å²) in [7, 11) is -6.70. The van der Waals surface area contributed by atoms with Gasteiger partial charge in [-0.1, -0.05) is 20.8 Å². The quantitative estimate of drug-likeness (QED) is 0.413. The van der Waals surface area contributed by atoms with Crippen LogP contribution in [0.2, 0.25) is 0 Å². The van der Waals surface area contributed by atoms with Crippen molar-refractivity contribution in [3.63, 3.8) is 0 Å². The zero-order valence-electron chi connectivity index (χ0n) is 11.0. The van der Waals surface area contributed by atoms with Gasteiger partial charge in [0.25, 0.3) is 0 Å². The van der Waals surface area contributed by atoms with Gasteiger partial charge in [0.1, 0.15) is 0 Å². The summed E-state index contributed by atoms with van der Waals surface area (Å²) in [6.45, 7) is 5.52. The van der Waals surface area contributed by atoms with E-state index in [1.807, 2.05) is 13.8 Å². The molecule has 108 valence electrons. The maximum atomic E-state index is 12.4. The molecular formula is C10H17BO7S. The molecule has 0 aromatic carbocycles. The lowest BCUT2D eigenvalue weighted by atomic mass is 9.70. The van der Waals surface area contributed by atoms with Crippen LogP contribution in [-0.2, 0) is 24.1 Å². The van der Waals surface area contributed by atoms with Gasteiger partial charge in [-0.25, -0.2) is 4.81 Å². The van der Waals surface area contributed by atoms with E-state index in [9.17, 15) is 13.2 Å². The Balaban J connectivity index is 2.31. The van der Waals surface area contributed by atoms with Crippen molar-refractivity contribution in [2.24, 2.45) is 16.7 Å². The molecule has 2 aliphatic rings. The number of rotatable bonds is 4. The minimum absolute atomic E-state index is 0.352. The van der Waals surface area contributed by atoms with Gasteiger partial charge < -0.3 is 10.0 Å². The number of fused-ring (bicyclic) bond motifs is 2. The normalized spacial score (nSPS) is 36.8. The third-order valence-corrected chi connectivity index (χ3v) is 6.44. The first-order valence-electron chi connectivity index (χ1n) is 6.03. The van der Waals surface area contributed by atoms with Crippen LogP contribution in [0.3, 0.4) is 0 Å². The first-order valence-corrected chi connectivity index (χ1v) is 7.50. The minimum atomic E-state index is -4.34. The first-order chi connectivity index (χ1) is 8.54. The van der Waals surface area contributed by atoms with Gasteiger partial charge in [0.15, 0.2) is 11.0 Å². The summed E-state index contributed by atoms with van der Waals surface area (Å²) in [5.74, 6) is -0.737. The summed E-state index contributed by atoms with van der Waals surface area (Å²) in [5, 5.41) is 15.6. The van der Waals surface area contributed by atoms with Crippen molar-refractivity contribution in [2.75, 3.05) is 0 Å². The van der Waals surface area contributed by atoms with Crippen molar-refractivity contribution >= 4 is 23.2 Å². The maximum absolute atomic E-state index is 12.4. The smallest absolute Gasteiger partial charge is 0.400 e. The van der Waals surface area contributed by atoms with Gasteiger partial charge in [-0.05, 0) is 24.2 Å². The lowest BCUT2D eigenvalue weighted by molar-refractivity contribution is -0.137. The Morgan fingerprint density at radius 1 is 1.32 bits per heavy atom. The molecule has 0 aliphatic heterocycles. The number of carbonyl (C=O) groups excluding carboxylic acids is 1. The number of hydrogen-bond acceptors (Lipinski definition) is 7. The summed E-state index contributed by atoms with van der Waals surface area (Å²) in [6, 6.07) is 0. The van der Waals surface area contributed by atoms with E-state index in [1.165, 1.54) is 0 Å². The van der Waals surface area contributed by atoms with Crippen LogP contribution in [0.25, 0.3) is 0 Å². The zero-order chi connectivity index (χ0) is 14.6. The molecule has 0 aromatic rings. The fraction of sp³-hybridized carbons (Fsp3) is 0.900. The van der Waals surface area contributed by atoms with Crippen molar-refractivity contribution in [3.8, 4) is 0 Å². The molecule has 2 N–H and O–H groups in total. The minimum Gasteiger partial charge on any atom is -0.400 e. The Morgan fingerprint density at radius 2 is 1.89 bits per heavy atom. The summed E-state index contributed by atoms with van der Waals surface area (Å²) in [4.78, 5) is 16.2. The Morgan fingerprint density at radius 3 is 2.32 bits per heavy atom. The van der Waals surface area contributed by atoms with Crippen molar-refractivity contribution in [2.45, 2.75) is 38.9 Å². The summed E-state index contributed by atoms with van der Waals surface area (Å²) < 4.78 is 28.0. The second-order valence-electron chi connectivity index (χ2n) is 5.97.